The minimum atomic E-state index is -0.931. The van der Waals surface area contributed by atoms with Crippen LogP contribution in [0.15, 0.2) is 18.2 Å². The molecule has 20 heavy (non-hydrogen) atoms. The molecule has 2 N–H and O–H groups in total. The predicted molar refractivity (Wildman–Crippen MR) is 75.1 cm³/mol. The van der Waals surface area contributed by atoms with Gasteiger partial charge in [-0.2, -0.15) is 0 Å². The van der Waals surface area contributed by atoms with Gasteiger partial charge < -0.3 is 14.8 Å². The number of carboxylic acids is 1. The Morgan fingerprint density at radius 2 is 2.10 bits per heavy atom. The summed E-state index contributed by atoms with van der Waals surface area (Å²) in [6, 6.07) is 5.25. The van der Waals surface area contributed by atoms with Crippen LogP contribution in [0.25, 0.3) is 11.0 Å². The molecule has 3 rings (SSSR count). The third-order valence-corrected chi connectivity index (χ3v) is 3.93. The molecule has 5 heteroatoms. The maximum absolute atomic E-state index is 11.1. The molecule has 0 unspecified atom stereocenters. The fourth-order valence-electron chi connectivity index (χ4n) is 2.81. The highest BCUT2D eigenvalue weighted by molar-refractivity contribution is 5.92. The summed E-state index contributed by atoms with van der Waals surface area (Å²) in [4.78, 5) is 15.8. The minimum absolute atomic E-state index is 0.219. The van der Waals surface area contributed by atoms with Crippen LogP contribution in [0.1, 0.15) is 54.8 Å². The van der Waals surface area contributed by atoms with E-state index < -0.39 is 5.97 Å². The predicted octanol–water partition coefficient (Wildman–Crippen LogP) is 2.55. The van der Waals surface area contributed by atoms with Crippen LogP contribution in [0, 0.1) is 0 Å². The molecule has 2 aromatic rings. The summed E-state index contributed by atoms with van der Waals surface area (Å²) in [5, 5.41) is 18.7. The standard InChI is InChI=1S/C15H18N2O3/c1-8(2)14-16-12-4-3-9(15(19)20)5-13(12)17(14)10-6-11(18)7-10/h3-5,8,10-11,18H,6-7H2,1-2H3,(H,19,20). The average Bonchev–Trinajstić information content (AvgIpc) is 2.73. The number of rotatable bonds is 3. The van der Waals surface area contributed by atoms with Crippen molar-refractivity contribution < 1.29 is 15.0 Å². The summed E-state index contributed by atoms with van der Waals surface area (Å²) in [6.07, 6.45) is 1.17. The van der Waals surface area contributed by atoms with Crippen molar-refractivity contribution in [2.75, 3.05) is 0 Å². The molecule has 0 amide bonds. The van der Waals surface area contributed by atoms with E-state index in [9.17, 15) is 9.90 Å². The third kappa shape index (κ3) is 1.98. The monoisotopic (exact) mass is 274 g/mol. The lowest BCUT2D eigenvalue weighted by Gasteiger charge is -2.34. The largest absolute Gasteiger partial charge is 0.478 e. The molecule has 1 aromatic carbocycles. The molecule has 0 saturated heterocycles. The quantitative estimate of drug-likeness (QED) is 0.902. The minimum Gasteiger partial charge on any atom is -0.478 e. The number of benzene rings is 1. The molecule has 0 bridgehead atoms. The SMILES string of the molecule is CC(C)c1nc2ccc(C(=O)O)cc2n1C1CC(O)C1. The second-order valence-corrected chi connectivity index (χ2v) is 5.78. The number of aromatic carboxylic acids is 1. The van der Waals surface area contributed by atoms with Crippen LogP contribution in [0.4, 0.5) is 0 Å². The van der Waals surface area contributed by atoms with Crippen molar-refractivity contribution in [3.63, 3.8) is 0 Å². The number of hydrogen-bond acceptors (Lipinski definition) is 3. The Bertz CT molecular complexity index is 669. The molecule has 1 heterocycles. The van der Waals surface area contributed by atoms with Crippen molar-refractivity contribution >= 4 is 17.0 Å². The van der Waals surface area contributed by atoms with Gasteiger partial charge in [0.15, 0.2) is 0 Å². The van der Waals surface area contributed by atoms with Crippen LogP contribution < -0.4 is 0 Å². The summed E-state index contributed by atoms with van der Waals surface area (Å²) >= 11 is 0. The topological polar surface area (TPSA) is 75.3 Å². The van der Waals surface area contributed by atoms with E-state index in [1.165, 1.54) is 0 Å². The highest BCUT2D eigenvalue weighted by Crippen LogP contribution is 2.37. The van der Waals surface area contributed by atoms with Gasteiger partial charge in [-0.15, -0.1) is 0 Å². The van der Waals surface area contributed by atoms with Gasteiger partial charge in [0.2, 0.25) is 0 Å². The second kappa shape index (κ2) is 4.59. The molecule has 0 aliphatic heterocycles. The number of fused-ring (bicyclic) bond motifs is 1. The van der Waals surface area contributed by atoms with Gasteiger partial charge in [0.25, 0.3) is 0 Å². The van der Waals surface area contributed by atoms with Gasteiger partial charge in [-0.05, 0) is 31.0 Å². The van der Waals surface area contributed by atoms with E-state index in [2.05, 4.69) is 23.4 Å². The zero-order chi connectivity index (χ0) is 14.4. The van der Waals surface area contributed by atoms with Crippen molar-refractivity contribution in [1.29, 1.82) is 0 Å². The van der Waals surface area contributed by atoms with E-state index in [4.69, 9.17) is 5.11 Å². The Morgan fingerprint density at radius 1 is 1.40 bits per heavy atom. The van der Waals surface area contributed by atoms with E-state index in [-0.39, 0.29) is 23.6 Å². The van der Waals surface area contributed by atoms with E-state index in [0.29, 0.717) is 12.8 Å². The maximum Gasteiger partial charge on any atom is 0.335 e. The summed E-state index contributed by atoms with van der Waals surface area (Å²) in [7, 11) is 0. The maximum atomic E-state index is 11.1. The second-order valence-electron chi connectivity index (χ2n) is 5.78. The first-order valence-corrected chi connectivity index (χ1v) is 6.90. The van der Waals surface area contributed by atoms with Gasteiger partial charge in [0.05, 0.1) is 22.7 Å². The van der Waals surface area contributed by atoms with Crippen molar-refractivity contribution in [2.45, 2.75) is 44.8 Å². The molecule has 0 radical (unpaired) electrons. The van der Waals surface area contributed by atoms with Gasteiger partial charge in [-0.3, -0.25) is 0 Å². The molecule has 1 aliphatic carbocycles. The number of hydrogen-bond donors (Lipinski definition) is 2. The van der Waals surface area contributed by atoms with E-state index in [1.807, 2.05) is 0 Å². The molecule has 5 nitrogen and oxygen atoms in total. The molecule has 106 valence electrons. The smallest absolute Gasteiger partial charge is 0.335 e. The Kier molecular flexibility index (Phi) is 3.01. The van der Waals surface area contributed by atoms with Crippen LogP contribution in [0.5, 0.6) is 0 Å². The van der Waals surface area contributed by atoms with Crippen molar-refractivity contribution in [3.05, 3.63) is 29.6 Å². The number of aliphatic hydroxyl groups is 1. The summed E-state index contributed by atoms with van der Waals surface area (Å²) in [5.41, 5.74) is 1.94. The summed E-state index contributed by atoms with van der Waals surface area (Å²) in [6.45, 7) is 4.15. The highest BCUT2D eigenvalue weighted by atomic mass is 16.4. The van der Waals surface area contributed by atoms with Crippen LogP contribution in [-0.2, 0) is 0 Å². The molecular weight excluding hydrogens is 256 g/mol. The third-order valence-electron chi connectivity index (χ3n) is 3.93. The molecule has 0 spiro atoms. The van der Waals surface area contributed by atoms with Crippen LogP contribution >= 0.6 is 0 Å². The number of carbonyl (C=O) groups is 1. The zero-order valence-corrected chi connectivity index (χ0v) is 11.6. The Hall–Kier alpha value is -1.88. The number of aliphatic hydroxyl groups excluding tert-OH is 1. The van der Waals surface area contributed by atoms with Crippen molar-refractivity contribution in [1.82, 2.24) is 9.55 Å². The Morgan fingerprint density at radius 3 is 2.65 bits per heavy atom. The molecule has 0 atom stereocenters. The normalized spacial score (nSPS) is 22.2. The number of aromatic nitrogens is 2. The van der Waals surface area contributed by atoms with Gasteiger partial charge in [-0.25, -0.2) is 9.78 Å². The van der Waals surface area contributed by atoms with Gasteiger partial charge in [0, 0.05) is 12.0 Å². The number of nitrogens with zero attached hydrogens (tertiary/aromatic N) is 2. The van der Waals surface area contributed by atoms with Crippen molar-refractivity contribution in [2.24, 2.45) is 0 Å². The summed E-state index contributed by atoms with van der Waals surface area (Å²) < 4.78 is 2.11. The first kappa shape index (κ1) is 13.1. The number of imidazole rings is 1. The lowest BCUT2D eigenvalue weighted by atomic mass is 9.88. The lowest BCUT2D eigenvalue weighted by Crippen LogP contribution is -2.31. The van der Waals surface area contributed by atoms with Crippen LogP contribution in [0.2, 0.25) is 0 Å². The van der Waals surface area contributed by atoms with E-state index in [1.54, 1.807) is 18.2 Å². The Labute approximate surface area is 116 Å². The van der Waals surface area contributed by atoms with E-state index >= 15 is 0 Å². The Balaban J connectivity index is 2.18. The molecule has 1 saturated carbocycles. The molecule has 1 aromatic heterocycles. The van der Waals surface area contributed by atoms with Crippen LogP contribution in [0.3, 0.4) is 0 Å². The van der Waals surface area contributed by atoms with Gasteiger partial charge >= 0.3 is 5.97 Å². The average molecular weight is 274 g/mol. The fraction of sp³-hybridized carbons (Fsp3) is 0.467. The molecule has 1 aliphatic rings. The fourth-order valence-corrected chi connectivity index (χ4v) is 2.81. The van der Waals surface area contributed by atoms with Crippen molar-refractivity contribution in [3.8, 4) is 0 Å². The molecular formula is C15H18N2O3. The first-order valence-electron chi connectivity index (χ1n) is 6.90. The summed E-state index contributed by atoms with van der Waals surface area (Å²) in [5.74, 6) is 0.284. The van der Waals surface area contributed by atoms with Gasteiger partial charge in [0.1, 0.15) is 5.82 Å². The molecule has 1 fully saturated rings. The number of carboxylic acid groups (broad SMARTS) is 1. The first-order chi connectivity index (χ1) is 9.47. The highest BCUT2D eigenvalue weighted by Gasteiger charge is 2.32. The van der Waals surface area contributed by atoms with E-state index in [0.717, 1.165) is 16.9 Å². The zero-order valence-electron chi connectivity index (χ0n) is 11.6. The van der Waals surface area contributed by atoms with Gasteiger partial charge in [-0.1, -0.05) is 13.8 Å². The lowest BCUT2D eigenvalue weighted by molar-refractivity contribution is 0.0487. The van der Waals surface area contributed by atoms with Crippen LogP contribution in [-0.4, -0.2) is 31.8 Å².